The molecule has 0 fully saturated rings. The molecule has 1 amide bonds. The molecule has 0 bridgehead atoms. The lowest BCUT2D eigenvalue weighted by molar-refractivity contribution is 0.0808. The number of amides is 1. The van der Waals surface area contributed by atoms with Crippen molar-refractivity contribution in [3.8, 4) is 0 Å². The topological polar surface area (TPSA) is 55.6 Å². The van der Waals surface area contributed by atoms with E-state index < -0.39 is 0 Å². The van der Waals surface area contributed by atoms with Crippen molar-refractivity contribution in [3.05, 3.63) is 0 Å². The Balaban J connectivity index is 3.82. The number of carbonyl (C=O) groups is 1. The van der Waals surface area contributed by atoms with E-state index in [2.05, 4.69) is 0 Å². The van der Waals surface area contributed by atoms with Gasteiger partial charge in [-0.2, -0.15) is 0 Å². The molecule has 0 aromatic heterocycles. The number of ether oxygens (including phenoxy) is 1. The Hall–Kier alpha value is -0.770. The third kappa shape index (κ3) is 5.47. The fourth-order valence-electron chi connectivity index (χ4n) is 0.908. The van der Waals surface area contributed by atoms with Gasteiger partial charge in [0.15, 0.2) is 0 Å². The van der Waals surface area contributed by atoms with Gasteiger partial charge >= 0.3 is 6.09 Å². The van der Waals surface area contributed by atoms with Gasteiger partial charge < -0.3 is 15.4 Å². The molecule has 0 saturated carbocycles. The maximum absolute atomic E-state index is 11.3. The van der Waals surface area contributed by atoms with Crippen LogP contribution in [-0.4, -0.2) is 37.2 Å². The second-order valence-electron chi connectivity index (χ2n) is 3.65. The molecule has 0 aromatic carbocycles. The molecule has 0 aliphatic rings. The van der Waals surface area contributed by atoms with Gasteiger partial charge in [-0.3, -0.25) is 0 Å². The highest BCUT2D eigenvalue weighted by atomic mass is 16.6. The zero-order valence-corrected chi connectivity index (χ0v) is 8.91. The minimum Gasteiger partial charge on any atom is -0.447 e. The Bertz CT molecular complexity index is 160. The Morgan fingerprint density at radius 2 is 2.00 bits per heavy atom. The minimum absolute atomic E-state index is 0.0665. The summed E-state index contributed by atoms with van der Waals surface area (Å²) in [7, 11) is 1.72. The van der Waals surface area contributed by atoms with Crippen molar-refractivity contribution in [1.82, 2.24) is 4.90 Å². The van der Waals surface area contributed by atoms with Crippen LogP contribution in [0.15, 0.2) is 0 Å². The summed E-state index contributed by atoms with van der Waals surface area (Å²) in [4.78, 5) is 12.8. The highest BCUT2D eigenvalue weighted by Gasteiger charge is 2.13. The average Bonchev–Trinajstić information content (AvgIpc) is 2.02. The van der Waals surface area contributed by atoms with Crippen LogP contribution < -0.4 is 5.73 Å². The second kappa shape index (κ2) is 5.80. The van der Waals surface area contributed by atoms with E-state index in [1.807, 2.05) is 20.8 Å². The highest BCUT2D eigenvalue weighted by Crippen LogP contribution is 2.00. The van der Waals surface area contributed by atoms with Gasteiger partial charge in [-0.25, -0.2) is 4.79 Å². The molecule has 2 N–H and O–H groups in total. The molecule has 0 saturated heterocycles. The third-order valence-corrected chi connectivity index (χ3v) is 1.64. The van der Waals surface area contributed by atoms with Gasteiger partial charge in [-0.05, 0) is 26.3 Å². The van der Waals surface area contributed by atoms with Crippen LogP contribution in [0.5, 0.6) is 0 Å². The van der Waals surface area contributed by atoms with E-state index in [0.717, 1.165) is 0 Å². The second-order valence-corrected chi connectivity index (χ2v) is 3.65. The quantitative estimate of drug-likeness (QED) is 0.717. The number of nitrogens with zero attached hydrogens (tertiary/aromatic N) is 1. The predicted molar refractivity (Wildman–Crippen MR) is 52.5 cm³/mol. The van der Waals surface area contributed by atoms with Crippen LogP contribution in [0.2, 0.25) is 0 Å². The number of carbonyl (C=O) groups excluding carboxylic acids is 1. The van der Waals surface area contributed by atoms with E-state index in [1.165, 1.54) is 0 Å². The number of rotatable bonds is 4. The van der Waals surface area contributed by atoms with Crippen molar-refractivity contribution in [3.63, 3.8) is 0 Å². The molecule has 0 aliphatic heterocycles. The fraction of sp³-hybridized carbons (Fsp3) is 0.889. The molecule has 4 heteroatoms. The van der Waals surface area contributed by atoms with Crippen molar-refractivity contribution < 1.29 is 9.53 Å². The van der Waals surface area contributed by atoms with Crippen LogP contribution in [0.25, 0.3) is 0 Å². The summed E-state index contributed by atoms with van der Waals surface area (Å²) in [6, 6.07) is 0. The van der Waals surface area contributed by atoms with Gasteiger partial charge in [-0.1, -0.05) is 6.92 Å². The lowest BCUT2D eigenvalue weighted by Crippen LogP contribution is -2.35. The molecular weight excluding hydrogens is 168 g/mol. The van der Waals surface area contributed by atoms with Crippen LogP contribution in [0.4, 0.5) is 4.79 Å². The normalized spacial score (nSPS) is 12.8. The van der Waals surface area contributed by atoms with Gasteiger partial charge in [0.05, 0.1) is 6.10 Å². The van der Waals surface area contributed by atoms with Crippen molar-refractivity contribution in [2.75, 3.05) is 20.1 Å². The van der Waals surface area contributed by atoms with Gasteiger partial charge in [0.1, 0.15) is 0 Å². The first kappa shape index (κ1) is 12.2. The van der Waals surface area contributed by atoms with E-state index in [9.17, 15) is 4.79 Å². The molecule has 13 heavy (non-hydrogen) atoms. The Kier molecular flexibility index (Phi) is 5.46. The van der Waals surface area contributed by atoms with E-state index in [1.54, 1.807) is 11.9 Å². The van der Waals surface area contributed by atoms with Crippen LogP contribution >= 0.6 is 0 Å². The lowest BCUT2D eigenvalue weighted by atomic mass is 10.2. The zero-order chi connectivity index (χ0) is 10.4. The summed E-state index contributed by atoms with van der Waals surface area (Å²) in [5.74, 6) is 0.310. The first-order chi connectivity index (χ1) is 5.97. The van der Waals surface area contributed by atoms with E-state index in [-0.39, 0.29) is 12.2 Å². The lowest BCUT2D eigenvalue weighted by Gasteiger charge is -2.21. The summed E-state index contributed by atoms with van der Waals surface area (Å²) < 4.78 is 5.00. The number of nitrogens with two attached hydrogens (primary N) is 1. The third-order valence-electron chi connectivity index (χ3n) is 1.64. The molecule has 0 rings (SSSR count). The molecule has 0 heterocycles. The molecule has 0 aromatic rings. The van der Waals surface area contributed by atoms with Crippen molar-refractivity contribution in [2.24, 2.45) is 11.7 Å². The maximum atomic E-state index is 11.3. The van der Waals surface area contributed by atoms with Gasteiger partial charge in [0.25, 0.3) is 0 Å². The standard InChI is InChI=1S/C9H20N2O2/c1-7(2)13-9(12)11(4)6-8(3)5-10/h7-8H,5-6,10H2,1-4H3. The van der Waals surface area contributed by atoms with Gasteiger partial charge in [0.2, 0.25) is 0 Å². The summed E-state index contributed by atoms with van der Waals surface area (Å²) in [5.41, 5.74) is 5.44. The summed E-state index contributed by atoms with van der Waals surface area (Å²) in [5, 5.41) is 0. The molecule has 0 spiro atoms. The number of hydrogen-bond donors (Lipinski definition) is 1. The summed E-state index contributed by atoms with van der Waals surface area (Å²) in [6.07, 6.45) is -0.349. The molecule has 4 nitrogen and oxygen atoms in total. The zero-order valence-electron chi connectivity index (χ0n) is 8.91. The Morgan fingerprint density at radius 3 is 2.38 bits per heavy atom. The monoisotopic (exact) mass is 188 g/mol. The highest BCUT2D eigenvalue weighted by molar-refractivity contribution is 5.67. The molecular formula is C9H20N2O2. The Morgan fingerprint density at radius 1 is 1.46 bits per heavy atom. The van der Waals surface area contributed by atoms with Crippen molar-refractivity contribution in [1.29, 1.82) is 0 Å². The fourth-order valence-corrected chi connectivity index (χ4v) is 0.908. The Labute approximate surface area is 80.0 Å². The van der Waals surface area contributed by atoms with E-state index >= 15 is 0 Å². The molecule has 0 aliphatic carbocycles. The van der Waals surface area contributed by atoms with Crippen LogP contribution in [0.1, 0.15) is 20.8 Å². The molecule has 1 atom stereocenters. The van der Waals surface area contributed by atoms with Crippen molar-refractivity contribution >= 4 is 6.09 Å². The van der Waals surface area contributed by atoms with E-state index in [0.29, 0.717) is 19.0 Å². The first-order valence-electron chi connectivity index (χ1n) is 4.59. The largest absolute Gasteiger partial charge is 0.447 e. The minimum atomic E-state index is -0.282. The SMILES string of the molecule is CC(CN)CN(C)C(=O)OC(C)C. The van der Waals surface area contributed by atoms with Crippen LogP contribution in [0, 0.1) is 5.92 Å². The predicted octanol–water partition coefficient (Wildman–Crippen LogP) is 1.06. The first-order valence-corrected chi connectivity index (χ1v) is 4.59. The molecule has 0 radical (unpaired) electrons. The van der Waals surface area contributed by atoms with Crippen LogP contribution in [0.3, 0.4) is 0 Å². The molecule has 1 unspecified atom stereocenters. The smallest absolute Gasteiger partial charge is 0.409 e. The van der Waals surface area contributed by atoms with E-state index in [4.69, 9.17) is 10.5 Å². The molecule has 78 valence electrons. The number of hydrogen-bond acceptors (Lipinski definition) is 3. The van der Waals surface area contributed by atoms with Crippen molar-refractivity contribution in [2.45, 2.75) is 26.9 Å². The summed E-state index contributed by atoms with van der Waals surface area (Å²) >= 11 is 0. The van der Waals surface area contributed by atoms with Gasteiger partial charge in [0, 0.05) is 13.6 Å². The maximum Gasteiger partial charge on any atom is 0.409 e. The average molecular weight is 188 g/mol. The van der Waals surface area contributed by atoms with Gasteiger partial charge in [-0.15, -0.1) is 0 Å². The van der Waals surface area contributed by atoms with Crippen LogP contribution in [-0.2, 0) is 4.74 Å². The summed E-state index contributed by atoms with van der Waals surface area (Å²) in [6.45, 7) is 6.89.